The van der Waals surface area contributed by atoms with Gasteiger partial charge in [0, 0.05) is 6.42 Å². The van der Waals surface area contributed by atoms with E-state index in [-0.39, 0.29) is 16.9 Å². The average Bonchev–Trinajstić information content (AvgIpc) is 2.76. The smallest absolute Gasteiger partial charge is 0.155 e. The number of aliphatic hydroxyl groups excluding tert-OH is 1. The number of allylic oxidation sites excluding steroid dienone is 1. The standard InChI is InChI=1S/C19H28O2/c1-18-9-7-13(20)11-12(18)3-4-14-15-5-6-17(21)19(15,2)10-8-16(14)18/h11,14-17,21H,3-10H2,1-2H3/t14?,15?,16?,17?,18-,19?/m0/s1. The summed E-state index contributed by atoms with van der Waals surface area (Å²) in [7, 11) is 0. The summed E-state index contributed by atoms with van der Waals surface area (Å²) in [5.41, 5.74) is 1.89. The van der Waals surface area contributed by atoms with Crippen LogP contribution in [0.5, 0.6) is 0 Å². The molecule has 4 aliphatic rings. The molecule has 0 amide bonds. The number of carbonyl (C=O) groups is 1. The highest BCUT2D eigenvalue weighted by Crippen LogP contribution is 2.65. The minimum atomic E-state index is -0.0823. The van der Waals surface area contributed by atoms with Gasteiger partial charge in [-0.25, -0.2) is 0 Å². The SMILES string of the molecule is CC12CCC3C(CCC4=CC(=O)CC[C@@]43C)C1CCC2O. The monoisotopic (exact) mass is 288 g/mol. The molecule has 116 valence electrons. The van der Waals surface area contributed by atoms with E-state index in [1.165, 1.54) is 31.3 Å². The third-order valence-electron chi connectivity index (χ3n) is 7.91. The summed E-state index contributed by atoms with van der Waals surface area (Å²) >= 11 is 0. The molecule has 0 aromatic rings. The molecule has 4 aliphatic carbocycles. The number of hydrogen-bond donors (Lipinski definition) is 1. The van der Waals surface area contributed by atoms with Gasteiger partial charge in [0.25, 0.3) is 0 Å². The topological polar surface area (TPSA) is 37.3 Å². The van der Waals surface area contributed by atoms with Crippen molar-refractivity contribution in [2.24, 2.45) is 28.6 Å². The van der Waals surface area contributed by atoms with Crippen LogP contribution in [0.1, 0.15) is 65.2 Å². The molecule has 0 aliphatic heterocycles. The van der Waals surface area contributed by atoms with Crippen molar-refractivity contribution in [3.63, 3.8) is 0 Å². The van der Waals surface area contributed by atoms with Crippen LogP contribution in [0.4, 0.5) is 0 Å². The van der Waals surface area contributed by atoms with Crippen LogP contribution >= 0.6 is 0 Å². The molecule has 21 heavy (non-hydrogen) atoms. The summed E-state index contributed by atoms with van der Waals surface area (Å²) in [6.07, 6.45) is 10.7. The van der Waals surface area contributed by atoms with Crippen molar-refractivity contribution in [1.82, 2.24) is 0 Å². The van der Waals surface area contributed by atoms with Gasteiger partial charge in [-0.1, -0.05) is 19.4 Å². The number of fused-ring (bicyclic) bond motifs is 5. The highest BCUT2D eigenvalue weighted by molar-refractivity contribution is 5.91. The number of ketones is 1. The third kappa shape index (κ3) is 1.78. The normalized spacial score (nSPS) is 52.7. The lowest BCUT2D eigenvalue weighted by Gasteiger charge is -2.57. The first-order valence-corrected chi connectivity index (χ1v) is 8.87. The number of aliphatic hydroxyl groups is 1. The van der Waals surface area contributed by atoms with Crippen LogP contribution in [0, 0.1) is 28.6 Å². The zero-order valence-corrected chi connectivity index (χ0v) is 13.4. The van der Waals surface area contributed by atoms with E-state index in [0.717, 1.165) is 37.5 Å². The van der Waals surface area contributed by atoms with Gasteiger partial charge in [0.1, 0.15) is 0 Å². The molecule has 0 heterocycles. The first kappa shape index (κ1) is 14.0. The number of rotatable bonds is 0. The largest absolute Gasteiger partial charge is 0.393 e. The summed E-state index contributed by atoms with van der Waals surface area (Å²) in [4.78, 5) is 11.8. The van der Waals surface area contributed by atoms with Crippen molar-refractivity contribution < 1.29 is 9.90 Å². The van der Waals surface area contributed by atoms with Gasteiger partial charge in [-0.3, -0.25) is 4.79 Å². The molecular formula is C19H28O2. The Morgan fingerprint density at radius 2 is 1.86 bits per heavy atom. The summed E-state index contributed by atoms with van der Waals surface area (Å²) in [6.45, 7) is 4.76. The zero-order chi connectivity index (χ0) is 14.8. The molecule has 0 bridgehead atoms. The fraction of sp³-hybridized carbons (Fsp3) is 0.842. The molecule has 4 rings (SSSR count). The van der Waals surface area contributed by atoms with Gasteiger partial charge in [0.05, 0.1) is 6.10 Å². The second-order valence-corrected chi connectivity index (χ2v) is 8.61. The maximum atomic E-state index is 11.8. The minimum Gasteiger partial charge on any atom is -0.393 e. The molecule has 0 radical (unpaired) electrons. The van der Waals surface area contributed by atoms with Gasteiger partial charge in [-0.15, -0.1) is 0 Å². The van der Waals surface area contributed by atoms with Gasteiger partial charge >= 0.3 is 0 Å². The van der Waals surface area contributed by atoms with Crippen molar-refractivity contribution in [3.05, 3.63) is 11.6 Å². The van der Waals surface area contributed by atoms with Gasteiger partial charge in [-0.05, 0) is 79.6 Å². The highest BCUT2D eigenvalue weighted by Gasteiger charge is 2.58. The molecule has 2 nitrogen and oxygen atoms in total. The molecule has 6 atom stereocenters. The Morgan fingerprint density at radius 1 is 1.05 bits per heavy atom. The van der Waals surface area contributed by atoms with Crippen LogP contribution in [0.2, 0.25) is 0 Å². The lowest BCUT2D eigenvalue weighted by molar-refractivity contribution is -0.118. The Kier molecular flexibility index (Phi) is 2.96. The highest BCUT2D eigenvalue weighted by atomic mass is 16.3. The van der Waals surface area contributed by atoms with E-state index >= 15 is 0 Å². The van der Waals surface area contributed by atoms with E-state index < -0.39 is 0 Å². The Hall–Kier alpha value is -0.630. The summed E-state index contributed by atoms with van der Waals surface area (Å²) < 4.78 is 0. The first-order chi connectivity index (χ1) is 9.95. The van der Waals surface area contributed by atoms with Crippen LogP contribution in [0.25, 0.3) is 0 Å². The average molecular weight is 288 g/mol. The quantitative estimate of drug-likeness (QED) is 0.734. The molecule has 0 aromatic heterocycles. The number of hydrogen-bond acceptors (Lipinski definition) is 2. The van der Waals surface area contributed by atoms with Crippen LogP contribution in [0.3, 0.4) is 0 Å². The summed E-state index contributed by atoms with van der Waals surface area (Å²) in [5.74, 6) is 2.57. The lowest BCUT2D eigenvalue weighted by Crippen LogP contribution is -2.51. The van der Waals surface area contributed by atoms with Gasteiger partial charge < -0.3 is 5.11 Å². The Labute approximate surface area is 128 Å². The molecule has 2 heteroatoms. The van der Waals surface area contributed by atoms with Crippen molar-refractivity contribution in [3.8, 4) is 0 Å². The third-order valence-corrected chi connectivity index (χ3v) is 7.91. The van der Waals surface area contributed by atoms with E-state index in [2.05, 4.69) is 13.8 Å². The van der Waals surface area contributed by atoms with Crippen LogP contribution < -0.4 is 0 Å². The van der Waals surface area contributed by atoms with Gasteiger partial charge in [-0.2, -0.15) is 0 Å². The van der Waals surface area contributed by atoms with E-state index in [4.69, 9.17) is 0 Å². The Morgan fingerprint density at radius 3 is 2.67 bits per heavy atom. The molecule has 5 unspecified atom stereocenters. The van der Waals surface area contributed by atoms with E-state index in [1.807, 2.05) is 6.08 Å². The predicted octanol–water partition coefficient (Wildman–Crippen LogP) is 3.88. The first-order valence-electron chi connectivity index (χ1n) is 8.87. The Balaban J connectivity index is 1.69. The molecular weight excluding hydrogens is 260 g/mol. The molecule has 0 spiro atoms. The predicted molar refractivity (Wildman–Crippen MR) is 82.7 cm³/mol. The zero-order valence-electron chi connectivity index (χ0n) is 13.4. The van der Waals surface area contributed by atoms with E-state index in [0.29, 0.717) is 11.7 Å². The van der Waals surface area contributed by atoms with Crippen LogP contribution in [0.15, 0.2) is 11.6 Å². The summed E-state index contributed by atoms with van der Waals surface area (Å²) in [5, 5.41) is 10.4. The Bertz CT molecular complexity index is 508. The molecule has 3 fully saturated rings. The second kappa shape index (κ2) is 4.44. The fourth-order valence-corrected chi connectivity index (χ4v) is 6.53. The van der Waals surface area contributed by atoms with Crippen molar-refractivity contribution >= 4 is 5.78 Å². The maximum Gasteiger partial charge on any atom is 0.155 e. The molecule has 0 saturated heterocycles. The molecule has 1 N–H and O–H groups in total. The van der Waals surface area contributed by atoms with Crippen LogP contribution in [-0.4, -0.2) is 17.0 Å². The van der Waals surface area contributed by atoms with E-state index in [9.17, 15) is 9.90 Å². The van der Waals surface area contributed by atoms with Crippen molar-refractivity contribution in [1.29, 1.82) is 0 Å². The maximum absolute atomic E-state index is 11.8. The van der Waals surface area contributed by atoms with Gasteiger partial charge in [0.2, 0.25) is 0 Å². The fourth-order valence-electron chi connectivity index (χ4n) is 6.53. The lowest BCUT2D eigenvalue weighted by atomic mass is 9.47. The van der Waals surface area contributed by atoms with Crippen molar-refractivity contribution in [2.75, 3.05) is 0 Å². The van der Waals surface area contributed by atoms with Crippen molar-refractivity contribution in [2.45, 2.75) is 71.3 Å². The van der Waals surface area contributed by atoms with Gasteiger partial charge in [0.15, 0.2) is 5.78 Å². The van der Waals surface area contributed by atoms with E-state index in [1.54, 1.807) is 0 Å². The second-order valence-electron chi connectivity index (χ2n) is 8.61. The molecule has 3 saturated carbocycles. The minimum absolute atomic E-state index is 0.0823. The summed E-state index contributed by atoms with van der Waals surface area (Å²) in [6, 6.07) is 0. The number of carbonyl (C=O) groups excluding carboxylic acids is 1. The molecule has 0 aromatic carbocycles. The van der Waals surface area contributed by atoms with Crippen LogP contribution in [-0.2, 0) is 4.79 Å².